The van der Waals surface area contributed by atoms with E-state index in [2.05, 4.69) is 15.1 Å². The number of para-hydroxylation sites is 2. The van der Waals surface area contributed by atoms with E-state index >= 15 is 0 Å². The minimum absolute atomic E-state index is 0.305. The molecule has 0 aliphatic heterocycles. The Morgan fingerprint density at radius 1 is 1.06 bits per heavy atom. The molecule has 0 saturated carbocycles. The van der Waals surface area contributed by atoms with Crippen molar-refractivity contribution in [2.24, 2.45) is 7.05 Å². The van der Waals surface area contributed by atoms with E-state index in [9.17, 15) is 5.11 Å². The molecule has 35 heavy (non-hydrogen) atoms. The molecule has 0 amide bonds. The highest BCUT2D eigenvalue weighted by molar-refractivity contribution is 8.00. The van der Waals surface area contributed by atoms with Gasteiger partial charge in [-0.05, 0) is 25.1 Å². The van der Waals surface area contributed by atoms with E-state index in [0.717, 1.165) is 16.1 Å². The molecule has 0 aliphatic rings. The van der Waals surface area contributed by atoms with E-state index in [1.807, 2.05) is 43.6 Å². The Balaban J connectivity index is 1.72. The van der Waals surface area contributed by atoms with Gasteiger partial charge in [-0.25, -0.2) is 9.97 Å². The number of anilines is 3. The molecule has 0 spiro atoms. The number of hydrogen-bond donors (Lipinski definition) is 3. The number of fused-ring (bicyclic) bond motifs is 1. The van der Waals surface area contributed by atoms with Gasteiger partial charge in [-0.2, -0.15) is 5.10 Å². The maximum absolute atomic E-state index is 9.65. The van der Waals surface area contributed by atoms with Gasteiger partial charge < -0.3 is 29.4 Å². The highest BCUT2D eigenvalue weighted by atomic mass is 32.2. The number of aromatic nitrogens is 4. The monoisotopic (exact) mass is 496 g/mol. The minimum atomic E-state index is -0.485. The van der Waals surface area contributed by atoms with Crippen LogP contribution in [0.5, 0.6) is 17.2 Å². The summed E-state index contributed by atoms with van der Waals surface area (Å²) < 4.78 is 22.0. The Labute approximate surface area is 207 Å². The summed E-state index contributed by atoms with van der Waals surface area (Å²) in [7, 11) is 5.01. The molecule has 2 aromatic carbocycles. The molecule has 11 heteroatoms. The van der Waals surface area contributed by atoms with Gasteiger partial charge in [0.1, 0.15) is 10.8 Å². The predicted octanol–water partition coefficient (Wildman–Crippen LogP) is 4.39. The summed E-state index contributed by atoms with van der Waals surface area (Å²) in [6.45, 7) is 2.02. The third kappa shape index (κ3) is 6.06. The van der Waals surface area contributed by atoms with Gasteiger partial charge in [-0.15, -0.1) is 0 Å². The van der Waals surface area contributed by atoms with E-state index in [0.29, 0.717) is 47.6 Å². The second-order valence-corrected chi connectivity index (χ2v) is 8.59. The fourth-order valence-electron chi connectivity index (χ4n) is 3.25. The SMILES string of the molecule is COc1cc(Nc2nc3ccccc3nc2NSc2ccn(C)n2)c(OCCC(C)O)c(OC)c1. The number of methoxy groups -OCH3 is 2. The normalized spacial score (nSPS) is 11.8. The number of aliphatic hydroxyl groups is 1. The second kappa shape index (κ2) is 11.2. The summed E-state index contributed by atoms with van der Waals surface area (Å²) in [4.78, 5) is 9.56. The molecule has 1 unspecified atom stereocenters. The van der Waals surface area contributed by atoms with Gasteiger partial charge in [-0.3, -0.25) is 4.68 Å². The molecule has 2 aromatic heterocycles. The number of aryl methyl sites for hydroxylation is 1. The summed E-state index contributed by atoms with van der Waals surface area (Å²) in [5.74, 6) is 2.56. The number of benzene rings is 2. The lowest BCUT2D eigenvalue weighted by Crippen LogP contribution is -2.10. The molecule has 4 rings (SSSR count). The van der Waals surface area contributed by atoms with Crippen molar-refractivity contribution in [3.8, 4) is 17.2 Å². The average Bonchev–Trinajstić information content (AvgIpc) is 3.27. The van der Waals surface area contributed by atoms with E-state index < -0.39 is 6.10 Å². The van der Waals surface area contributed by atoms with Gasteiger partial charge in [-0.1, -0.05) is 12.1 Å². The van der Waals surface area contributed by atoms with Crippen molar-refractivity contribution in [2.45, 2.75) is 24.5 Å². The van der Waals surface area contributed by atoms with Crippen LogP contribution in [0.25, 0.3) is 11.0 Å². The van der Waals surface area contributed by atoms with Crippen molar-refractivity contribution in [1.29, 1.82) is 0 Å². The quantitative estimate of drug-likeness (QED) is 0.258. The third-order valence-corrected chi connectivity index (χ3v) is 5.75. The minimum Gasteiger partial charge on any atom is -0.497 e. The first-order valence-electron chi connectivity index (χ1n) is 11.0. The van der Waals surface area contributed by atoms with Gasteiger partial charge in [0.2, 0.25) is 0 Å². The smallest absolute Gasteiger partial charge is 0.184 e. The van der Waals surface area contributed by atoms with Crippen LogP contribution in [0, 0.1) is 0 Å². The summed E-state index contributed by atoms with van der Waals surface area (Å²) in [5.41, 5.74) is 2.07. The van der Waals surface area contributed by atoms with Crippen LogP contribution in [0.1, 0.15) is 13.3 Å². The van der Waals surface area contributed by atoms with E-state index in [4.69, 9.17) is 24.2 Å². The van der Waals surface area contributed by atoms with E-state index in [1.54, 1.807) is 38.0 Å². The highest BCUT2D eigenvalue weighted by Crippen LogP contribution is 2.42. The van der Waals surface area contributed by atoms with Crippen LogP contribution in [0.3, 0.4) is 0 Å². The molecule has 184 valence electrons. The second-order valence-electron chi connectivity index (χ2n) is 7.76. The molecular formula is C24H28N6O4S. The standard InChI is InChI=1S/C24H28N6O4S/c1-15(31)10-12-34-22-19(13-16(32-3)14-20(22)33-4)27-23-24(29-35-21-9-11-30(2)28-21)26-18-8-6-5-7-17(18)25-23/h5-9,11,13-15,31H,10,12H2,1-4H3,(H,25,27)(H,26,29). The molecule has 1 atom stereocenters. The van der Waals surface area contributed by atoms with Crippen molar-refractivity contribution < 1.29 is 19.3 Å². The molecule has 0 bridgehead atoms. The highest BCUT2D eigenvalue weighted by Gasteiger charge is 2.18. The Bertz CT molecular complexity index is 1300. The first kappa shape index (κ1) is 24.4. The van der Waals surface area contributed by atoms with Crippen LogP contribution >= 0.6 is 11.9 Å². The van der Waals surface area contributed by atoms with Crippen LogP contribution in [0.4, 0.5) is 17.3 Å². The van der Waals surface area contributed by atoms with Gasteiger partial charge >= 0.3 is 0 Å². The molecule has 0 aliphatic carbocycles. The van der Waals surface area contributed by atoms with Crippen molar-refractivity contribution >= 4 is 40.3 Å². The molecule has 10 nitrogen and oxygen atoms in total. The maximum atomic E-state index is 9.65. The molecule has 0 radical (unpaired) electrons. The van der Waals surface area contributed by atoms with Crippen molar-refractivity contribution in [1.82, 2.24) is 19.7 Å². The number of rotatable bonds is 11. The van der Waals surface area contributed by atoms with Gasteiger partial charge in [0, 0.05) is 43.7 Å². The fraction of sp³-hybridized carbons (Fsp3) is 0.292. The maximum Gasteiger partial charge on any atom is 0.184 e. The fourth-order valence-corrected chi connectivity index (χ4v) is 3.90. The Hall–Kier alpha value is -3.70. The van der Waals surface area contributed by atoms with Gasteiger partial charge in [0.15, 0.2) is 23.1 Å². The Morgan fingerprint density at radius 2 is 1.80 bits per heavy atom. The Morgan fingerprint density at radius 3 is 2.43 bits per heavy atom. The lowest BCUT2D eigenvalue weighted by molar-refractivity contribution is 0.154. The third-order valence-electron chi connectivity index (χ3n) is 5.03. The lowest BCUT2D eigenvalue weighted by Gasteiger charge is -2.19. The van der Waals surface area contributed by atoms with Crippen LogP contribution in [0.15, 0.2) is 53.7 Å². The van der Waals surface area contributed by atoms with Crippen LogP contribution in [-0.2, 0) is 7.05 Å². The van der Waals surface area contributed by atoms with Gasteiger partial charge in [0.05, 0.1) is 43.7 Å². The van der Waals surface area contributed by atoms with Crippen LogP contribution < -0.4 is 24.2 Å². The van der Waals surface area contributed by atoms with Crippen LogP contribution in [-0.4, -0.2) is 51.8 Å². The topological polar surface area (TPSA) is 116 Å². The number of nitrogens with one attached hydrogen (secondary N) is 2. The van der Waals surface area contributed by atoms with Gasteiger partial charge in [0.25, 0.3) is 0 Å². The zero-order valence-corrected chi connectivity index (χ0v) is 20.8. The average molecular weight is 497 g/mol. The van der Waals surface area contributed by atoms with Crippen molar-refractivity contribution in [3.05, 3.63) is 48.7 Å². The zero-order chi connectivity index (χ0) is 24.8. The largest absolute Gasteiger partial charge is 0.497 e. The number of aliphatic hydroxyl groups excluding tert-OH is 1. The summed E-state index contributed by atoms with van der Waals surface area (Å²) in [5, 5.41) is 18.2. The number of ether oxygens (including phenoxy) is 3. The molecule has 3 N–H and O–H groups in total. The van der Waals surface area contributed by atoms with Crippen molar-refractivity contribution in [3.63, 3.8) is 0 Å². The first-order chi connectivity index (χ1) is 17.0. The lowest BCUT2D eigenvalue weighted by atomic mass is 10.2. The first-order valence-corrected chi connectivity index (χ1v) is 11.8. The molecular weight excluding hydrogens is 468 g/mol. The van der Waals surface area contributed by atoms with E-state index in [1.165, 1.54) is 11.9 Å². The summed E-state index contributed by atoms with van der Waals surface area (Å²) in [6, 6.07) is 13.1. The molecule has 4 aromatic rings. The zero-order valence-electron chi connectivity index (χ0n) is 20.0. The molecule has 0 saturated heterocycles. The Kier molecular flexibility index (Phi) is 7.78. The van der Waals surface area contributed by atoms with Crippen molar-refractivity contribution in [2.75, 3.05) is 30.9 Å². The number of hydrogen-bond acceptors (Lipinski definition) is 10. The predicted molar refractivity (Wildman–Crippen MR) is 137 cm³/mol. The summed E-state index contributed by atoms with van der Waals surface area (Å²) in [6.07, 6.45) is 1.86. The summed E-state index contributed by atoms with van der Waals surface area (Å²) >= 11 is 1.33. The molecule has 2 heterocycles. The molecule has 0 fully saturated rings. The van der Waals surface area contributed by atoms with Crippen LogP contribution in [0.2, 0.25) is 0 Å². The number of nitrogens with zero attached hydrogens (tertiary/aromatic N) is 4. The van der Waals surface area contributed by atoms with E-state index in [-0.39, 0.29) is 0 Å².